The zero-order chi connectivity index (χ0) is 13.9. The van der Waals surface area contributed by atoms with E-state index in [1.165, 1.54) is 0 Å². The van der Waals surface area contributed by atoms with Crippen molar-refractivity contribution in [3.63, 3.8) is 0 Å². The van der Waals surface area contributed by atoms with Gasteiger partial charge in [-0.15, -0.1) is 0 Å². The molecule has 0 aliphatic heterocycles. The van der Waals surface area contributed by atoms with Gasteiger partial charge in [0.1, 0.15) is 11.6 Å². The van der Waals surface area contributed by atoms with Gasteiger partial charge in [-0.05, 0) is 12.1 Å². The molecule has 3 rings (SSSR count). The molecule has 0 unspecified atom stereocenters. The standard InChI is InChI=1S/C15H13N5/c1-19-7-5-17-14(19)11-20-8-6-18-15(20)13-4-2-3-12(9-13)10-16/h2-9H,11H2,1H3. The summed E-state index contributed by atoms with van der Waals surface area (Å²) in [6.45, 7) is 0.648. The minimum atomic E-state index is 0.633. The molecule has 0 amide bonds. The normalized spacial score (nSPS) is 10.4. The topological polar surface area (TPSA) is 59.4 Å². The third-order valence-corrected chi connectivity index (χ3v) is 3.20. The van der Waals surface area contributed by atoms with Crippen molar-refractivity contribution in [1.82, 2.24) is 19.1 Å². The minimum absolute atomic E-state index is 0.633. The Morgan fingerprint density at radius 3 is 2.80 bits per heavy atom. The zero-order valence-electron chi connectivity index (χ0n) is 11.1. The maximum atomic E-state index is 8.98. The number of aryl methyl sites for hydroxylation is 1. The van der Waals surface area contributed by atoms with Crippen LogP contribution in [0, 0.1) is 11.3 Å². The van der Waals surface area contributed by atoms with Crippen LogP contribution in [0.3, 0.4) is 0 Å². The molecule has 1 aromatic carbocycles. The first-order valence-electron chi connectivity index (χ1n) is 6.26. The van der Waals surface area contributed by atoms with Crippen molar-refractivity contribution in [2.45, 2.75) is 6.54 Å². The largest absolute Gasteiger partial charge is 0.337 e. The van der Waals surface area contributed by atoms with Crippen molar-refractivity contribution < 1.29 is 0 Å². The third-order valence-electron chi connectivity index (χ3n) is 3.20. The Kier molecular flexibility index (Phi) is 3.05. The van der Waals surface area contributed by atoms with Crippen LogP contribution in [0.5, 0.6) is 0 Å². The second-order valence-corrected chi connectivity index (χ2v) is 4.53. The van der Waals surface area contributed by atoms with Gasteiger partial charge >= 0.3 is 0 Å². The van der Waals surface area contributed by atoms with Crippen LogP contribution in [0.15, 0.2) is 49.1 Å². The fraction of sp³-hybridized carbons (Fsp3) is 0.133. The monoisotopic (exact) mass is 263 g/mol. The number of aromatic nitrogens is 4. The number of nitrogens with zero attached hydrogens (tertiary/aromatic N) is 5. The summed E-state index contributed by atoms with van der Waals surface area (Å²) in [7, 11) is 1.97. The third kappa shape index (κ3) is 2.19. The molecule has 0 aliphatic rings. The second-order valence-electron chi connectivity index (χ2n) is 4.53. The minimum Gasteiger partial charge on any atom is -0.337 e. The van der Waals surface area contributed by atoms with E-state index in [1.54, 1.807) is 18.5 Å². The van der Waals surface area contributed by atoms with Crippen molar-refractivity contribution in [2.24, 2.45) is 7.05 Å². The summed E-state index contributed by atoms with van der Waals surface area (Å²) in [5.41, 5.74) is 1.57. The molecule has 0 radical (unpaired) electrons. The molecule has 0 fully saturated rings. The highest BCUT2D eigenvalue weighted by Gasteiger charge is 2.09. The van der Waals surface area contributed by atoms with E-state index in [0.717, 1.165) is 17.2 Å². The molecule has 0 spiro atoms. The molecule has 98 valence electrons. The Hall–Kier alpha value is -2.87. The van der Waals surface area contributed by atoms with Crippen molar-refractivity contribution in [2.75, 3.05) is 0 Å². The molecule has 5 nitrogen and oxygen atoms in total. The second kappa shape index (κ2) is 5.02. The van der Waals surface area contributed by atoms with Crippen LogP contribution < -0.4 is 0 Å². The summed E-state index contributed by atoms with van der Waals surface area (Å²) in [6, 6.07) is 9.61. The van der Waals surface area contributed by atoms with E-state index >= 15 is 0 Å². The van der Waals surface area contributed by atoms with Gasteiger partial charge in [-0.25, -0.2) is 9.97 Å². The fourth-order valence-corrected chi connectivity index (χ4v) is 2.13. The van der Waals surface area contributed by atoms with Gasteiger partial charge in [0, 0.05) is 37.4 Å². The number of imidazole rings is 2. The van der Waals surface area contributed by atoms with Crippen LogP contribution in [0.25, 0.3) is 11.4 Å². The maximum absolute atomic E-state index is 8.98. The summed E-state index contributed by atoms with van der Waals surface area (Å²) in [5.74, 6) is 1.80. The molecular formula is C15H13N5. The van der Waals surface area contributed by atoms with E-state index in [0.29, 0.717) is 12.1 Å². The lowest BCUT2D eigenvalue weighted by atomic mass is 10.1. The number of hydrogen-bond donors (Lipinski definition) is 0. The fourth-order valence-electron chi connectivity index (χ4n) is 2.13. The van der Waals surface area contributed by atoms with Crippen molar-refractivity contribution in [3.8, 4) is 17.5 Å². The van der Waals surface area contributed by atoms with E-state index < -0.39 is 0 Å². The van der Waals surface area contributed by atoms with Crippen molar-refractivity contribution in [1.29, 1.82) is 5.26 Å². The van der Waals surface area contributed by atoms with Crippen LogP contribution in [-0.2, 0) is 13.6 Å². The molecule has 0 aliphatic carbocycles. The van der Waals surface area contributed by atoms with E-state index in [4.69, 9.17) is 5.26 Å². The smallest absolute Gasteiger partial charge is 0.140 e. The van der Waals surface area contributed by atoms with E-state index in [-0.39, 0.29) is 0 Å². The molecule has 0 saturated heterocycles. The lowest BCUT2D eigenvalue weighted by Gasteiger charge is -2.08. The molecule has 3 aromatic rings. The zero-order valence-corrected chi connectivity index (χ0v) is 11.1. The lowest BCUT2D eigenvalue weighted by molar-refractivity contribution is 0.704. The predicted octanol–water partition coefficient (Wildman–Crippen LogP) is 2.20. The molecule has 0 N–H and O–H groups in total. The predicted molar refractivity (Wildman–Crippen MR) is 74.7 cm³/mol. The highest BCUT2D eigenvalue weighted by molar-refractivity contribution is 5.58. The van der Waals surface area contributed by atoms with E-state index in [2.05, 4.69) is 16.0 Å². The average Bonchev–Trinajstić information content (AvgIpc) is 3.09. The lowest BCUT2D eigenvalue weighted by Crippen LogP contribution is -2.06. The van der Waals surface area contributed by atoms with Crippen molar-refractivity contribution >= 4 is 0 Å². The summed E-state index contributed by atoms with van der Waals surface area (Å²) in [4.78, 5) is 8.71. The molecular weight excluding hydrogens is 250 g/mol. The average molecular weight is 263 g/mol. The molecule has 0 atom stereocenters. The summed E-state index contributed by atoms with van der Waals surface area (Å²) >= 11 is 0. The van der Waals surface area contributed by atoms with Gasteiger partial charge in [0.25, 0.3) is 0 Å². The Balaban J connectivity index is 1.98. The highest BCUT2D eigenvalue weighted by Crippen LogP contribution is 2.19. The van der Waals surface area contributed by atoms with Crippen LogP contribution in [0.1, 0.15) is 11.4 Å². The highest BCUT2D eigenvalue weighted by atomic mass is 15.1. The Morgan fingerprint density at radius 2 is 2.05 bits per heavy atom. The van der Waals surface area contributed by atoms with Crippen LogP contribution in [0.4, 0.5) is 0 Å². The number of hydrogen-bond acceptors (Lipinski definition) is 3. The molecule has 2 aromatic heterocycles. The summed E-state index contributed by atoms with van der Waals surface area (Å²) in [5, 5.41) is 8.98. The summed E-state index contributed by atoms with van der Waals surface area (Å²) < 4.78 is 4.01. The van der Waals surface area contributed by atoms with E-state index in [9.17, 15) is 0 Å². The van der Waals surface area contributed by atoms with Gasteiger partial charge in [-0.2, -0.15) is 5.26 Å². The molecule has 0 saturated carbocycles. The summed E-state index contributed by atoms with van der Waals surface area (Å²) in [6.07, 6.45) is 7.38. The van der Waals surface area contributed by atoms with Gasteiger partial charge in [0.05, 0.1) is 18.2 Å². The van der Waals surface area contributed by atoms with Gasteiger partial charge in [0.15, 0.2) is 0 Å². The first-order valence-corrected chi connectivity index (χ1v) is 6.26. The van der Waals surface area contributed by atoms with Gasteiger partial charge in [-0.3, -0.25) is 0 Å². The van der Waals surface area contributed by atoms with Crippen LogP contribution >= 0.6 is 0 Å². The quantitative estimate of drug-likeness (QED) is 0.728. The number of benzene rings is 1. The Bertz CT molecular complexity index is 775. The van der Waals surface area contributed by atoms with E-state index in [1.807, 2.05) is 46.8 Å². The Morgan fingerprint density at radius 1 is 1.20 bits per heavy atom. The van der Waals surface area contributed by atoms with Crippen molar-refractivity contribution in [3.05, 3.63) is 60.4 Å². The molecule has 5 heteroatoms. The first-order chi connectivity index (χ1) is 9.78. The SMILES string of the molecule is Cn1ccnc1Cn1ccnc1-c1cccc(C#N)c1. The maximum Gasteiger partial charge on any atom is 0.140 e. The first kappa shape index (κ1) is 12.2. The van der Waals surface area contributed by atoms with Crippen LogP contribution in [0.2, 0.25) is 0 Å². The number of nitriles is 1. The van der Waals surface area contributed by atoms with Gasteiger partial charge in [-0.1, -0.05) is 12.1 Å². The van der Waals surface area contributed by atoms with Crippen LogP contribution in [-0.4, -0.2) is 19.1 Å². The number of rotatable bonds is 3. The molecule has 2 heterocycles. The van der Waals surface area contributed by atoms with Gasteiger partial charge < -0.3 is 9.13 Å². The molecule has 20 heavy (non-hydrogen) atoms. The van der Waals surface area contributed by atoms with Gasteiger partial charge in [0.2, 0.25) is 0 Å². The Labute approximate surface area is 116 Å². The molecule has 0 bridgehead atoms.